The number of carbonyl (C=O) groups is 2. The quantitative estimate of drug-likeness (QED) is 0.264. The number of carbonyl (C=O) groups excluding carboxylic acids is 2. The third-order valence-corrected chi connectivity index (χ3v) is 7.04. The highest BCUT2D eigenvalue weighted by Gasteiger charge is 2.28. The second-order valence-corrected chi connectivity index (χ2v) is 9.75. The van der Waals surface area contributed by atoms with Crippen molar-refractivity contribution in [2.75, 3.05) is 0 Å². The molecular weight excluding hydrogens is 548 g/mol. The molecule has 2 aromatic carbocycles. The highest BCUT2D eigenvalue weighted by Crippen LogP contribution is 2.33. The molecule has 0 aliphatic heterocycles. The second-order valence-electron chi connectivity index (χ2n) is 9.75. The molecule has 0 saturated carbocycles. The number of nitrogens with zero attached hydrogens (tertiary/aromatic N) is 5. The molecule has 6 aromatic rings. The summed E-state index contributed by atoms with van der Waals surface area (Å²) >= 11 is 0. The fourth-order valence-corrected chi connectivity index (χ4v) is 5.11. The van der Waals surface area contributed by atoms with Gasteiger partial charge in [0.15, 0.2) is 17.3 Å². The van der Waals surface area contributed by atoms with Crippen LogP contribution >= 0.6 is 0 Å². The molecule has 4 aromatic heterocycles. The third-order valence-electron chi connectivity index (χ3n) is 7.04. The average molecular weight is 569 g/mol. The lowest BCUT2D eigenvalue weighted by molar-refractivity contribution is 0.0929. The minimum atomic E-state index is -0.913. The van der Waals surface area contributed by atoms with Crippen LogP contribution in [0.3, 0.4) is 0 Å². The molecule has 210 valence electrons. The summed E-state index contributed by atoms with van der Waals surface area (Å²) in [5.41, 5.74) is 4.31. The van der Waals surface area contributed by atoms with E-state index in [2.05, 4.69) is 40.4 Å². The Bertz CT molecular complexity index is 2150. The van der Waals surface area contributed by atoms with Crippen molar-refractivity contribution in [3.05, 3.63) is 97.5 Å². The first kappa shape index (κ1) is 25.1. The SMILES string of the molecule is Cc1nc2cc(CNC(=O)c3cc(C(=O)N[C@H]4CCc5cc(-c6noc(=O)[nH]6)ccc54)n4c(=O)onc4n3)ccc2o1. The van der Waals surface area contributed by atoms with Crippen LogP contribution in [0, 0.1) is 6.92 Å². The number of hydrogen-bond donors (Lipinski definition) is 3. The summed E-state index contributed by atoms with van der Waals surface area (Å²) in [6.07, 6.45) is 1.25. The van der Waals surface area contributed by atoms with Crippen LogP contribution in [-0.4, -0.2) is 41.5 Å². The maximum Gasteiger partial charge on any atom is 0.448 e. The molecule has 1 aliphatic rings. The molecule has 0 bridgehead atoms. The molecule has 0 radical (unpaired) electrons. The third kappa shape index (κ3) is 4.42. The maximum atomic E-state index is 13.5. The Morgan fingerprint density at radius 1 is 1.05 bits per heavy atom. The van der Waals surface area contributed by atoms with Gasteiger partial charge >= 0.3 is 11.5 Å². The number of oxazole rings is 1. The first-order chi connectivity index (χ1) is 20.3. The number of H-pyrrole nitrogens is 1. The molecule has 1 atom stereocenters. The molecule has 15 nitrogen and oxygen atoms in total. The largest absolute Gasteiger partial charge is 0.448 e. The number of aromatic amines is 1. The van der Waals surface area contributed by atoms with Crippen molar-refractivity contribution in [1.29, 1.82) is 0 Å². The van der Waals surface area contributed by atoms with Gasteiger partial charge in [-0.15, -0.1) is 0 Å². The first-order valence-electron chi connectivity index (χ1n) is 12.9. The first-order valence-corrected chi connectivity index (χ1v) is 12.9. The number of aryl methyl sites for hydroxylation is 2. The molecule has 0 unspecified atom stereocenters. The summed E-state index contributed by atoms with van der Waals surface area (Å²) in [7, 11) is 0. The monoisotopic (exact) mass is 568 g/mol. The van der Waals surface area contributed by atoms with Gasteiger partial charge in [0.05, 0.1) is 6.04 Å². The van der Waals surface area contributed by atoms with E-state index in [-0.39, 0.29) is 29.8 Å². The molecule has 42 heavy (non-hydrogen) atoms. The minimum Gasteiger partial charge on any atom is -0.441 e. The molecule has 7 rings (SSSR count). The van der Waals surface area contributed by atoms with Gasteiger partial charge in [-0.1, -0.05) is 23.4 Å². The minimum absolute atomic E-state index is 0.120. The number of amides is 2. The Morgan fingerprint density at radius 2 is 1.93 bits per heavy atom. The number of fused-ring (bicyclic) bond motifs is 3. The van der Waals surface area contributed by atoms with Crippen molar-refractivity contribution < 1.29 is 23.1 Å². The maximum absolute atomic E-state index is 13.5. The van der Waals surface area contributed by atoms with E-state index in [0.717, 1.165) is 21.1 Å². The Kier molecular flexibility index (Phi) is 5.78. The van der Waals surface area contributed by atoms with Crippen LogP contribution in [0.1, 0.15) is 56.0 Å². The van der Waals surface area contributed by atoms with Crippen LogP contribution in [-0.2, 0) is 13.0 Å². The van der Waals surface area contributed by atoms with E-state index in [1.165, 1.54) is 6.07 Å². The lowest BCUT2D eigenvalue weighted by Gasteiger charge is -2.15. The zero-order valence-electron chi connectivity index (χ0n) is 21.8. The average Bonchev–Trinajstić information content (AvgIpc) is 3.77. The predicted octanol–water partition coefficient (Wildman–Crippen LogP) is 1.82. The van der Waals surface area contributed by atoms with Gasteiger partial charge in [0.25, 0.3) is 17.6 Å². The highest BCUT2D eigenvalue weighted by atomic mass is 16.5. The lowest BCUT2D eigenvalue weighted by Crippen LogP contribution is -2.32. The van der Waals surface area contributed by atoms with Gasteiger partial charge < -0.3 is 15.1 Å². The van der Waals surface area contributed by atoms with E-state index in [1.807, 2.05) is 12.1 Å². The van der Waals surface area contributed by atoms with Gasteiger partial charge in [0.1, 0.15) is 16.9 Å². The topological polar surface area (TPSA) is 204 Å². The van der Waals surface area contributed by atoms with E-state index in [1.54, 1.807) is 31.2 Å². The van der Waals surface area contributed by atoms with Crippen LogP contribution in [0.2, 0.25) is 0 Å². The van der Waals surface area contributed by atoms with Gasteiger partial charge in [-0.2, -0.15) is 0 Å². The van der Waals surface area contributed by atoms with Crippen LogP contribution in [0.15, 0.2) is 65.5 Å². The summed E-state index contributed by atoms with van der Waals surface area (Å²) in [6.45, 7) is 1.90. The smallest absolute Gasteiger partial charge is 0.441 e. The highest BCUT2D eigenvalue weighted by molar-refractivity contribution is 5.98. The van der Waals surface area contributed by atoms with E-state index < -0.39 is 23.3 Å². The molecular formula is C27H20N8O7. The van der Waals surface area contributed by atoms with Crippen molar-refractivity contribution in [2.45, 2.75) is 32.4 Å². The van der Waals surface area contributed by atoms with Gasteiger partial charge in [0, 0.05) is 19.0 Å². The summed E-state index contributed by atoms with van der Waals surface area (Å²) < 4.78 is 15.7. The van der Waals surface area contributed by atoms with Gasteiger partial charge in [-0.3, -0.25) is 23.6 Å². The number of nitrogens with one attached hydrogen (secondary N) is 3. The summed E-state index contributed by atoms with van der Waals surface area (Å²) in [5.74, 6) is -2.15. The zero-order chi connectivity index (χ0) is 29.0. The van der Waals surface area contributed by atoms with E-state index in [4.69, 9.17) is 8.94 Å². The number of benzene rings is 2. The van der Waals surface area contributed by atoms with Crippen LogP contribution in [0.4, 0.5) is 0 Å². The Balaban J connectivity index is 1.12. The molecule has 2 amide bonds. The normalized spacial score (nSPS) is 14.4. The van der Waals surface area contributed by atoms with Crippen LogP contribution < -0.4 is 22.1 Å². The van der Waals surface area contributed by atoms with Crippen molar-refractivity contribution >= 4 is 28.7 Å². The molecule has 3 N–H and O–H groups in total. The fraction of sp³-hybridized carbons (Fsp3) is 0.185. The van der Waals surface area contributed by atoms with Gasteiger partial charge in [0.2, 0.25) is 0 Å². The lowest BCUT2D eigenvalue weighted by atomic mass is 10.0. The summed E-state index contributed by atoms with van der Waals surface area (Å²) in [5, 5.41) is 13.0. The van der Waals surface area contributed by atoms with Crippen molar-refractivity contribution in [2.24, 2.45) is 0 Å². The standard InChI is InChI=1S/C27H20N8O7/c1-12-29-18-8-13(2-7-21(18)40-12)11-28-23(36)19-10-20(35-25(31-19)34-42-27(35)39)24(37)30-17-6-4-14-9-15(3-5-16(14)17)22-32-26(38)41-33-22/h2-3,5,7-10,17H,4,6,11H2,1H3,(H,28,36)(H,30,37)(H,32,33,38)/t17-/m0/s1. The van der Waals surface area contributed by atoms with Gasteiger partial charge in [-0.25, -0.2) is 24.0 Å². The molecule has 0 spiro atoms. The van der Waals surface area contributed by atoms with Crippen molar-refractivity contribution in [3.63, 3.8) is 0 Å². The Labute approximate surface area is 233 Å². The number of aromatic nitrogens is 6. The van der Waals surface area contributed by atoms with Crippen LogP contribution in [0.5, 0.6) is 0 Å². The number of rotatable bonds is 6. The fourth-order valence-electron chi connectivity index (χ4n) is 5.11. The second kappa shape index (κ2) is 9.65. The molecule has 1 aliphatic carbocycles. The van der Waals surface area contributed by atoms with Gasteiger partial charge in [-0.05, 0) is 59.0 Å². The molecule has 0 saturated heterocycles. The summed E-state index contributed by atoms with van der Waals surface area (Å²) in [4.78, 5) is 61.1. The zero-order valence-corrected chi connectivity index (χ0v) is 21.8. The molecule has 0 fully saturated rings. The van der Waals surface area contributed by atoms with Crippen molar-refractivity contribution in [3.8, 4) is 11.4 Å². The predicted molar refractivity (Wildman–Crippen MR) is 143 cm³/mol. The van der Waals surface area contributed by atoms with E-state index in [0.29, 0.717) is 41.2 Å². The van der Waals surface area contributed by atoms with E-state index in [9.17, 15) is 19.2 Å². The molecule has 15 heteroatoms. The number of hydrogen-bond acceptors (Lipinski definition) is 11. The summed E-state index contributed by atoms with van der Waals surface area (Å²) in [6, 6.07) is 11.7. The Hall–Kier alpha value is -5.86. The van der Waals surface area contributed by atoms with Crippen LogP contribution in [0.25, 0.3) is 28.3 Å². The van der Waals surface area contributed by atoms with E-state index >= 15 is 0 Å². The van der Waals surface area contributed by atoms with Crippen molar-refractivity contribution in [1.82, 2.24) is 40.3 Å². The molecule has 4 heterocycles. The Morgan fingerprint density at radius 3 is 2.76 bits per heavy atom.